The van der Waals surface area contributed by atoms with Crippen LogP contribution in [-0.4, -0.2) is 26.0 Å². The third kappa shape index (κ3) is 4.40. The summed E-state index contributed by atoms with van der Waals surface area (Å²) in [4.78, 5) is 26.6. The molecule has 1 atom stereocenters. The molecule has 4 aromatic rings. The first kappa shape index (κ1) is 21.8. The van der Waals surface area contributed by atoms with Crippen LogP contribution < -0.4 is 15.3 Å². The van der Waals surface area contributed by atoms with Gasteiger partial charge in [0.15, 0.2) is 6.04 Å². The quantitative estimate of drug-likeness (QED) is 0.290. The zero-order chi connectivity index (χ0) is 23.5. The van der Waals surface area contributed by atoms with Gasteiger partial charge in [-0.1, -0.05) is 36.0 Å². The molecule has 1 unspecified atom stereocenters. The number of halogens is 1. The van der Waals surface area contributed by atoms with Crippen molar-refractivity contribution in [2.75, 3.05) is 10.6 Å². The zero-order valence-corrected chi connectivity index (χ0v) is 19.0. The van der Waals surface area contributed by atoms with E-state index in [0.29, 0.717) is 45.1 Å². The molecule has 3 N–H and O–H groups in total. The first-order valence-electron chi connectivity index (χ1n) is 10.6. The van der Waals surface area contributed by atoms with Gasteiger partial charge >= 0.3 is 5.95 Å². The number of anilines is 2. The van der Waals surface area contributed by atoms with Gasteiger partial charge in [0.2, 0.25) is 0 Å². The number of carbonyl (C=O) groups is 1. The van der Waals surface area contributed by atoms with Crippen LogP contribution in [0.3, 0.4) is 0 Å². The molecule has 0 aliphatic carbocycles. The van der Waals surface area contributed by atoms with Crippen molar-refractivity contribution < 1.29 is 13.9 Å². The molecule has 3 aromatic heterocycles. The van der Waals surface area contributed by atoms with Gasteiger partial charge < -0.3 is 5.32 Å². The molecule has 0 fully saturated rings. The summed E-state index contributed by atoms with van der Waals surface area (Å²) in [6.45, 7) is 1.83. The number of hydrogen-bond donors (Lipinski definition) is 3. The van der Waals surface area contributed by atoms with Crippen molar-refractivity contribution in [1.29, 1.82) is 0 Å². The number of pyridine rings is 2. The SMILES string of the molecule is CC1=C(C(=O)Nc2cccnc2)C(c2ccccn2)[n+]2[nH]c(SCc3ccccc3F)nc2N1. The van der Waals surface area contributed by atoms with Crippen molar-refractivity contribution in [2.45, 2.75) is 23.9 Å². The van der Waals surface area contributed by atoms with Gasteiger partial charge in [-0.2, -0.15) is 0 Å². The van der Waals surface area contributed by atoms with Gasteiger partial charge in [0, 0.05) is 18.1 Å². The predicted octanol–water partition coefficient (Wildman–Crippen LogP) is 3.85. The van der Waals surface area contributed by atoms with E-state index in [1.807, 2.05) is 25.1 Å². The van der Waals surface area contributed by atoms with Crippen molar-refractivity contribution in [3.05, 3.63) is 102 Å². The molecule has 10 heteroatoms. The highest BCUT2D eigenvalue weighted by Gasteiger charge is 2.40. The Morgan fingerprint density at radius 3 is 2.76 bits per heavy atom. The molecule has 1 aliphatic rings. The fourth-order valence-corrected chi connectivity index (χ4v) is 4.59. The van der Waals surface area contributed by atoms with Crippen molar-refractivity contribution in [2.24, 2.45) is 0 Å². The van der Waals surface area contributed by atoms with Crippen LogP contribution in [0.2, 0.25) is 0 Å². The summed E-state index contributed by atoms with van der Waals surface area (Å²) in [5, 5.41) is 9.97. The highest BCUT2D eigenvalue weighted by molar-refractivity contribution is 7.98. The fraction of sp³-hybridized carbons (Fsp3) is 0.125. The largest absolute Gasteiger partial charge is 0.417 e. The molecule has 0 saturated carbocycles. The summed E-state index contributed by atoms with van der Waals surface area (Å²) in [6, 6.07) is 15.2. The van der Waals surface area contributed by atoms with Crippen LogP contribution in [0.1, 0.15) is 24.2 Å². The van der Waals surface area contributed by atoms with Crippen molar-refractivity contribution in [3.63, 3.8) is 0 Å². The molecule has 1 aromatic carbocycles. The molecular weight excluding hydrogens is 453 g/mol. The number of fused-ring (bicyclic) bond motifs is 1. The monoisotopic (exact) mass is 474 g/mol. The number of aromatic amines is 1. The Balaban J connectivity index is 1.48. The molecule has 1 amide bonds. The Labute approximate surface area is 199 Å². The molecule has 170 valence electrons. The van der Waals surface area contributed by atoms with E-state index in [0.717, 1.165) is 0 Å². The van der Waals surface area contributed by atoms with Crippen LogP contribution >= 0.6 is 11.8 Å². The molecule has 0 spiro atoms. The second-order valence-corrected chi connectivity index (χ2v) is 8.58. The van der Waals surface area contributed by atoms with Crippen molar-refractivity contribution in [3.8, 4) is 0 Å². The summed E-state index contributed by atoms with van der Waals surface area (Å²) in [5.74, 6) is 0.425. The van der Waals surface area contributed by atoms with E-state index >= 15 is 0 Å². The third-order valence-corrected chi connectivity index (χ3v) is 6.25. The number of amides is 1. The van der Waals surface area contributed by atoms with Gasteiger partial charge in [-0.15, -0.1) is 4.68 Å². The van der Waals surface area contributed by atoms with E-state index in [2.05, 4.69) is 30.7 Å². The number of thioether (sulfide) groups is 1. The lowest BCUT2D eigenvalue weighted by Gasteiger charge is -2.23. The first-order chi connectivity index (χ1) is 16.6. The van der Waals surface area contributed by atoms with Gasteiger partial charge in [0.25, 0.3) is 11.1 Å². The second kappa shape index (κ2) is 9.44. The highest BCUT2D eigenvalue weighted by atomic mass is 32.2. The lowest BCUT2D eigenvalue weighted by molar-refractivity contribution is -0.749. The van der Waals surface area contributed by atoms with E-state index in [1.54, 1.807) is 53.6 Å². The smallest absolute Gasteiger partial charge is 0.321 e. The first-order valence-corrected chi connectivity index (χ1v) is 11.6. The van der Waals surface area contributed by atoms with Crippen molar-refractivity contribution >= 4 is 29.3 Å². The maximum absolute atomic E-state index is 14.0. The Morgan fingerprint density at radius 2 is 2.00 bits per heavy atom. The number of aromatic nitrogens is 5. The lowest BCUT2D eigenvalue weighted by Crippen LogP contribution is -2.50. The van der Waals surface area contributed by atoms with Crippen LogP contribution in [0.15, 0.2) is 89.6 Å². The van der Waals surface area contributed by atoms with Crippen LogP contribution in [0.4, 0.5) is 16.0 Å². The topological polar surface area (TPSA) is 99.5 Å². The normalized spacial score (nSPS) is 14.9. The average Bonchev–Trinajstić information content (AvgIpc) is 3.26. The van der Waals surface area contributed by atoms with E-state index in [1.165, 1.54) is 17.8 Å². The van der Waals surface area contributed by atoms with Crippen molar-refractivity contribution in [1.82, 2.24) is 20.1 Å². The number of nitrogens with one attached hydrogen (secondary N) is 3. The minimum absolute atomic E-state index is 0.254. The maximum atomic E-state index is 14.0. The molecule has 1 aliphatic heterocycles. The zero-order valence-electron chi connectivity index (χ0n) is 18.2. The molecule has 5 rings (SSSR count). The van der Waals surface area contributed by atoms with E-state index in [9.17, 15) is 9.18 Å². The molecule has 0 bridgehead atoms. The number of nitrogens with zero attached hydrogens (tertiary/aromatic N) is 4. The van der Waals surface area contributed by atoms with Gasteiger partial charge in [-0.25, -0.2) is 14.8 Å². The molecule has 0 radical (unpaired) electrons. The number of carbonyl (C=O) groups excluding carboxylic acids is 1. The summed E-state index contributed by atoms with van der Waals surface area (Å²) in [5.41, 5.74) is 3.02. The lowest BCUT2D eigenvalue weighted by atomic mass is 9.98. The Bertz CT molecular complexity index is 1360. The van der Waals surface area contributed by atoms with Gasteiger partial charge in [0.05, 0.1) is 28.8 Å². The van der Waals surface area contributed by atoms with Crippen LogP contribution in [-0.2, 0) is 10.5 Å². The van der Waals surface area contributed by atoms with E-state index in [-0.39, 0.29) is 11.7 Å². The number of rotatable bonds is 6. The number of benzene rings is 1. The minimum Gasteiger partial charge on any atom is -0.321 e. The second-order valence-electron chi connectivity index (χ2n) is 7.62. The Kier molecular flexibility index (Phi) is 6.05. The Hall–Kier alpha value is -4.05. The summed E-state index contributed by atoms with van der Waals surface area (Å²) in [6.07, 6.45) is 4.92. The summed E-state index contributed by atoms with van der Waals surface area (Å²) in [7, 11) is 0. The standard InChI is InChI=1S/C24H20FN7OS/c1-15-20(22(33)29-17-8-6-11-26-13-17)21(19-10-4-5-12-27-19)32-23(28-15)30-24(31-32)34-14-16-7-2-3-9-18(16)25/h2-13,21H,14H2,1H3,(H2,28,29,30,31,33)/p+1. The van der Waals surface area contributed by atoms with E-state index in [4.69, 9.17) is 0 Å². The maximum Gasteiger partial charge on any atom is 0.417 e. The van der Waals surface area contributed by atoms with E-state index < -0.39 is 6.04 Å². The average molecular weight is 475 g/mol. The van der Waals surface area contributed by atoms with Gasteiger partial charge in [-0.3, -0.25) is 14.8 Å². The molecule has 4 heterocycles. The molecule has 0 saturated heterocycles. The van der Waals surface area contributed by atoms with Gasteiger partial charge in [0.1, 0.15) is 5.82 Å². The fourth-order valence-electron chi connectivity index (χ4n) is 3.75. The summed E-state index contributed by atoms with van der Waals surface area (Å²) >= 11 is 1.38. The van der Waals surface area contributed by atoms with Crippen LogP contribution in [0, 0.1) is 5.82 Å². The van der Waals surface area contributed by atoms with Gasteiger partial charge in [-0.05, 0) is 47.8 Å². The van der Waals surface area contributed by atoms with Crippen LogP contribution in [0.5, 0.6) is 0 Å². The number of allylic oxidation sites excluding steroid dienone is 1. The molecule has 34 heavy (non-hydrogen) atoms. The van der Waals surface area contributed by atoms with Crippen LogP contribution in [0.25, 0.3) is 0 Å². The third-order valence-electron chi connectivity index (χ3n) is 5.34. The Morgan fingerprint density at radius 1 is 1.15 bits per heavy atom. The molecular formula is C24H21FN7OS+. The highest BCUT2D eigenvalue weighted by Crippen LogP contribution is 2.31. The predicted molar refractivity (Wildman–Crippen MR) is 126 cm³/mol. The number of hydrogen-bond acceptors (Lipinski definition) is 6. The summed E-state index contributed by atoms with van der Waals surface area (Å²) < 4.78 is 15.8. The number of H-pyrrole nitrogens is 1. The molecule has 8 nitrogen and oxygen atoms in total. The minimum atomic E-state index is -0.538.